The summed E-state index contributed by atoms with van der Waals surface area (Å²) in [6.07, 6.45) is 3.55. The molecule has 3 atom stereocenters. The highest BCUT2D eigenvalue weighted by Crippen LogP contribution is 2.38. The summed E-state index contributed by atoms with van der Waals surface area (Å²) in [6, 6.07) is 18.2. The van der Waals surface area contributed by atoms with Crippen LogP contribution in [0, 0.1) is 0 Å². The van der Waals surface area contributed by atoms with Gasteiger partial charge in [0.15, 0.2) is 0 Å². The van der Waals surface area contributed by atoms with Crippen LogP contribution in [0.2, 0.25) is 0 Å². The van der Waals surface area contributed by atoms with Gasteiger partial charge in [0.2, 0.25) is 11.8 Å². The lowest BCUT2D eigenvalue weighted by molar-refractivity contribution is -0.137. The molecule has 0 unspecified atom stereocenters. The number of hydrogen-bond acceptors (Lipinski definition) is 6. The van der Waals surface area contributed by atoms with Crippen LogP contribution in [0.1, 0.15) is 42.4 Å². The molecule has 2 amide bonds. The summed E-state index contributed by atoms with van der Waals surface area (Å²) < 4.78 is 0. The molecular formula is C28H29N5O2S. The number of amides is 2. The van der Waals surface area contributed by atoms with Crippen molar-refractivity contribution < 1.29 is 9.59 Å². The predicted molar refractivity (Wildman–Crippen MR) is 142 cm³/mol. The average molecular weight is 500 g/mol. The zero-order chi connectivity index (χ0) is 25.1. The Hall–Kier alpha value is -3.62. The van der Waals surface area contributed by atoms with Crippen LogP contribution in [0.25, 0.3) is 22.2 Å². The normalized spacial score (nSPS) is 17.2. The van der Waals surface area contributed by atoms with E-state index in [4.69, 9.17) is 4.98 Å². The maximum absolute atomic E-state index is 13.9. The number of likely N-dealkylation sites (N-methyl/N-ethyl adjacent to an activating group) is 1. The van der Waals surface area contributed by atoms with Crippen molar-refractivity contribution in [3.8, 4) is 11.3 Å². The lowest BCUT2D eigenvalue weighted by Gasteiger charge is -2.29. The monoisotopic (exact) mass is 499 g/mol. The molecule has 1 fully saturated rings. The summed E-state index contributed by atoms with van der Waals surface area (Å²) in [4.78, 5) is 37.9. The largest absolute Gasteiger partial charge is 0.339 e. The first kappa shape index (κ1) is 24.1. The van der Waals surface area contributed by atoms with Crippen molar-refractivity contribution in [1.29, 1.82) is 0 Å². The van der Waals surface area contributed by atoms with Crippen molar-refractivity contribution in [2.24, 2.45) is 0 Å². The Balaban J connectivity index is 1.43. The van der Waals surface area contributed by atoms with Crippen molar-refractivity contribution in [3.05, 3.63) is 82.8 Å². The molecule has 3 heterocycles. The predicted octanol–water partition coefficient (Wildman–Crippen LogP) is 4.49. The van der Waals surface area contributed by atoms with Crippen LogP contribution in [0.5, 0.6) is 0 Å². The number of benzene rings is 2. The van der Waals surface area contributed by atoms with E-state index in [1.807, 2.05) is 59.5 Å². The molecule has 0 aliphatic carbocycles. The van der Waals surface area contributed by atoms with Gasteiger partial charge in [-0.25, -0.2) is 4.98 Å². The number of para-hydroxylation sites is 1. The van der Waals surface area contributed by atoms with Crippen molar-refractivity contribution in [3.63, 3.8) is 0 Å². The van der Waals surface area contributed by atoms with E-state index in [0.717, 1.165) is 45.6 Å². The zero-order valence-corrected chi connectivity index (χ0v) is 21.2. The molecule has 0 bridgehead atoms. The van der Waals surface area contributed by atoms with E-state index in [9.17, 15) is 9.59 Å². The number of nitrogens with zero attached hydrogens (tertiary/aromatic N) is 3. The van der Waals surface area contributed by atoms with Gasteiger partial charge in [-0.2, -0.15) is 0 Å². The molecule has 2 N–H and O–H groups in total. The van der Waals surface area contributed by atoms with Gasteiger partial charge in [-0.1, -0.05) is 48.5 Å². The number of aromatic nitrogens is 2. The van der Waals surface area contributed by atoms with Gasteiger partial charge in [0, 0.05) is 29.1 Å². The third-order valence-electron chi connectivity index (χ3n) is 6.76. The number of likely N-dealkylation sites (tertiary alicyclic amines) is 1. The van der Waals surface area contributed by atoms with Crippen molar-refractivity contribution in [2.45, 2.75) is 37.9 Å². The summed E-state index contributed by atoms with van der Waals surface area (Å²) in [5.74, 6) is -0.317. The molecule has 0 radical (unpaired) electrons. The van der Waals surface area contributed by atoms with Crippen LogP contribution in [-0.4, -0.2) is 46.3 Å². The Morgan fingerprint density at radius 2 is 1.86 bits per heavy atom. The van der Waals surface area contributed by atoms with Crippen LogP contribution in [0.3, 0.4) is 0 Å². The first-order valence-electron chi connectivity index (χ1n) is 12.2. The topological polar surface area (TPSA) is 87.2 Å². The van der Waals surface area contributed by atoms with E-state index in [1.54, 1.807) is 31.5 Å². The van der Waals surface area contributed by atoms with Gasteiger partial charge in [0.1, 0.15) is 11.0 Å². The summed E-state index contributed by atoms with van der Waals surface area (Å²) in [5.41, 5.74) is 3.63. The molecule has 0 spiro atoms. The van der Waals surface area contributed by atoms with Gasteiger partial charge in [-0.15, -0.1) is 11.3 Å². The minimum Gasteiger partial charge on any atom is -0.339 e. The van der Waals surface area contributed by atoms with Crippen LogP contribution in [0.4, 0.5) is 0 Å². The Bertz CT molecular complexity index is 1370. The second kappa shape index (κ2) is 10.6. The van der Waals surface area contributed by atoms with Crippen LogP contribution in [-0.2, 0) is 9.59 Å². The lowest BCUT2D eigenvalue weighted by Crippen LogP contribution is -2.47. The van der Waals surface area contributed by atoms with Gasteiger partial charge in [-0.05, 0) is 44.5 Å². The molecule has 0 saturated carbocycles. The average Bonchev–Trinajstić information content (AvgIpc) is 3.61. The molecule has 184 valence electrons. The standard InChI is InChI=1S/C28H29N5O2S/c1-18(29-2)26(34)32-25(19-9-4-3-5-10-19)28(35)33-16-8-13-24(33)27-31-23(17-36-27)21-14-15-30-22-12-7-6-11-20(21)22/h3-7,9-12,14-15,17-18,24-25,29H,8,13,16H2,1-2H3,(H,32,34)/t18-,24-,25-/m0/s1. The van der Waals surface area contributed by atoms with E-state index in [2.05, 4.69) is 27.1 Å². The Kier molecular flexibility index (Phi) is 7.06. The minimum absolute atomic E-state index is 0.105. The first-order chi connectivity index (χ1) is 17.6. The summed E-state index contributed by atoms with van der Waals surface area (Å²) in [7, 11) is 1.73. The molecule has 4 aromatic rings. The van der Waals surface area contributed by atoms with Crippen LogP contribution >= 0.6 is 11.3 Å². The van der Waals surface area contributed by atoms with E-state index in [1.165, 1.54) is 0 Å². The van der Waals surface area contributed by atoms with Crippen molar-refractivity contribution in [1.82, 2.24) is 25.5 Å². The number of fused-ring (bicyclic) bond motifs is 1. The number of nitrogens with one attached hydrogen (secondary N) is 2. The van der Waals surface area contributed by atoms with Crippen molar-refractivity contribution >= 4 is 34.1 Å². The van der Waals surface area contributed by atoms with Crippen LogP contribution in [0.15, 0.2) is 72.2 Å². The molecule has 7 nitrogen and oxygen atoms in total. The molecule has 2 aromatic heterocycles. The van der Waals surface area contributed by atoms with E-state index < -0.39 is 12.1 Å². The number of carbonyl (C=O) groups excluding carboxylic acids is 2. The smallest absolute Gasteiger partial charge is 0.250 e. The van der Waals surface area contributed by atoms with Gasteiger partial charge in [0.05, 0.1) is 23.3 Å². The number of carbonyl (C=O) groups is 2. The Morgan fingerprint density at radius 1 is 1.08 bits per heavy atom. The number of pyridine rings is 1. The lowest BCUT2D eigenvalue weighted by atomic mass is 10.0. The highest BCUT2D eigenvalue weighted by Gasteiger charge is 2.37. The molecular weight excluding hydrogens is 470 g/mol. The van der Waals surface area contributed by atoms with E-state index in [-0.39, 0.29) is 17.9 Å². The minimum atomic E-state index is -0.751. The molecule has 5 rings (SSSR count). The summed E-state index contributed by atoms with van der Waals surface area (Å²) in [5, 5.41) is 9.94. The van der Waals surface area contributed by atoms with Gasteiger partial charge < -0.3 is 15.5 Å². The fourth-order valence-electron chi connectivity index (χ4n) is 4.67. The molecule has 36 heavy (non-hydrogen) atoms. The summed E-state index contributed by atoms with van der Waals surface area (Å²) >= 11 is 1.58. The molecule has 1 aliphatic rings. The first-order valence-corrected chi connectivity index (χ1v) is 13.1. The SMILES string of the molecule is CN[C@@H](C)C(=O)N[C@H](C(=O)N1CCC[C@H]1c1nc(-c2ccnc3ccccc23)cs1)c1ccccc1. The second-order valence-corrected chi connectivity index (χ2v) is 9.89. The fraction of sp³-hybridized carbons (Fsp3) is 0.286. The third-order valence-corrected chi connectivity index (χ3v) is 7.71. The molecule has 2 aromatic carbocycles. The second-order valence-electron chi connectivity index (χ2n) is 9.00. The van der Waals surface area contributed by atoms with Crippen molar-refractivity contribution in [2.75, 3.05) is 13.6 Å². The quantitative estimate of drug-likeness (QED) is 0.391. The highest BCUT2D eigenvalue weighted by molar-refractivity contribution is 7.10. The van der Waals surface area contributed by atoms with E-state index >= 15 is 0 Å². The van der Waals surface area contributed by atoms with E-state index in [0.29, 0.717) is 6.54 Å². The third kappa shape index (κ3) is 4.74. The number of thiazole rings is 1. The van der Waals surface area contributed by atoms with Crippen LogP contribution < -0.4 is 10.6 Å². The number of rotatable bonds is 7. The van der Waals surface area contributed by atoms with Gasteiger partial charge >= 0.3 is 0 Å². The maximum atomic E-state index is 13.9. The van der Waals surface area contributed by atoms with Gasteiger partial charge in [-0.3, -0.25) is 14.6 Å². The molecule has 1 aliphatic heterocycles. The summed E-state index contributed by atoms with van der Waals surface area (Å²) in [6.45, 7) is 2.41. The maximum Gasteiger partial charge on any atom is 0.250 e. The zero-order valence-electron chi connectivity index (χ0n) is 20.3. The number of hydrogen-bond donors (Lipinski definition) is 2. The highest BCUT2D eigenvalue weighted by atomic mass is 32.1. The molecule has 8 heteroatoms. The Morgan fingerprint density at radius 3 is 2.67 bits per heavy atom. The Labute approximate surface area is 214 Å². The van der Waals surface area contributed by atoms with Gasteiger partial charge in [0.25, 0.3) is 0 Å². The molecule has 1 saturated heterocycles. The fourth-order valence-corrected chi connectivity index (χ4v) is 5.63.